The number of fused-ring (bicyclic) bond motifs is 1. The number of piperidine rings is 2. The second-order valence-electron chi connectivity index (χ2n) is 6.75. The van der Waals surface area contributed by atoms with Crippen LogP contribution >= 0.6 is 11.6 Å². The van der Waals surface area contributed by atoms with Gasteiger partial charge in [-0.3, -0.25) is 4.79 Å². The average Bonchev–Trinajstić information content (AvgIpc) is 2.54. The molecule has 0 saturated carbocycles. The molecule has 126 valence electrons. The van der Waals surface area contributed by atoms with Crippen LogP contribution in [0.2, 0.25) is 5.02 Å². The Hall–Kier alpha value is -1.17. The number of amides is 1. The van der Waals surface area contributed by atoms with Crippen molar-refractivity contribution >= 4 is 17.5 Å². The van der Waals surface area contributed by atoms with Crippen LogP contribution in [0, 0.1) is 11.2 Å². The lowest BCUT2D eigenvalue weighted by molar-refractivity contribution is -0.0601. The molecule has 0 unspecified atom stereocenters. The number of aliphatic hydroxyl groups is 1. The zero-order valence-electron chi connectivity index (χ0n) is 13.3. The van der Waals surface area contributed by atoms with E-state index in [0.717, 1.165) is 25.8 Å². The zero-order chi connectivity index (χ0) is 16.6. The Morgan fingerprint density at radius 2 is 2.22 bits per heavy atom. The van der Waals surface area contributed by atoms with E-state index < -0.39 is 5.82 Å². The number of nitrogens with zero attached hydrogens (tertiary/aromatic N) is 2. The fourth-order valence-electron chi connectivity index (χ4n) is 4.03. The molecule has 2 aliphatic heterocycles. The van der Waals surface area contributed by atoms with Crippen molar-refractivity contribution in [1.82, 2.24) is 9.80 Å². The average molecular weight is 341 g/mol. The first kappa shape index (κ1) is 16.7. The number of benzene rings is 1. The van der Waals surface area contributed by atoms with Crippen LogP contribution < -0.4 is 0 Å². The molecule has 1 aromatic rings. The maximum absolute atomic E-state index is 13.2. The fourth-order valence-corrected chi connectivity index (χ4v) is 4.28. The first-order chi connectivity index (χ1) is 11.0. The lowest BCUT2D eigenvalue weighted by atomic mass is 9.69. The summed E-state index contributed by atoms with van der Waals surface area (Å²) in [5, 5.41) is 10.1. The summed E-state index contributed by atoms with van der Waals surface area (Å²) in [5.74, 6) is -0.614. The van der Waals surface area contributed by atoms with E-state index in [1.165, 1.54) is 18.2 Å². The number of carbonyl (C=O) groups excluding carboxylic acids is 1. The number of likely N-dealkylation sites (N-methyl/N-ethyl adjacent to an activating group) is 1. The number of halogens is 2. The molecule has 2 fully saturated rings. The minimum atomic E-state index is -0.448. The molecule has 2 aliphatic rings. The smallest absolute Gasteiger partial charge is 0.255 e. The van der Waals surface area contributed by atoms with Gasteiger partial charge in [-0.25, -0.2) is 4.39 Å². The van der Waals surface area contributed by atoms with Crippen LogP contribution in [-0.4, -0.2) is 60.1 Å². The molecular weight excluding hydrogens is 319 g/mol. The third-order valence-corrected chi connectivity index (χ3v) is 5.77. The predicted molar refractivity (Wildman–Crippen MR) is 87.1 cm³/mol. The molecule has 0 aromatic heterocycles. The van der Waals surface area contributed by atoms with Gasteiger partial charge in [-0.05, 0) is 51.1 Å². The SMILES string of the molecule is CN1CCC[C@]2(CO)CCN(C(=O)c3ccc(F)cc3Cl)C[C@@H]12. The number of aliphatic hydroxyl groups excluding tert-OH is 1. The highest BCUT2D eigenvalue weighted by molar-refractivity contribution is 6.33. The van der Waals surface area contributed by atoms with E-state index in [9.17, 15) is 14.3 Å². The Labute approximate surface area is 140 Å². The third-order valence-electron chi connectivity index (χ3n) is 5.46. The highest BCUT2D eigenvalue weighted by Crippen LogP contribution is 2.41. The van der Waals surface area contributed by atoms with E-state index >= 15 is 0 Å². The van der Waals surface area contributed by atoms with E-state index in [2.05, 4.69) is 4.90 Å². The molecule has 1 N–H and O–H groups in total. The number of hydrogen-bond acceptors (Lipinski definition) is 3. The fraction of sp³-hybridized carbons (Fsp3) is 0.588. The number of likely N-dealkylation sites (tertiary alicyclic amines) is 2. The second kappa shape index (κ2) is 6.38. The summed E-state index contributed by atoms with van der Waals surface area (Å²) in [4.78, 5) is 16.8. The molecule has 23 heavy (non-hydrogen) atoms. The Morgan fingerprint density at radius 1 is 1.43 bits per heavy atom. The van der Waals surface area contributed by atoms with Gasteiger partial charge >= 0.3 is 0 Å². The maximum atomic E-state index is 13.2. The van der Waals surface area contributed by atoms with Crippen LogP contribution in [0.5, 0.6) is 0 Å². The molecular formula is C17H22ClFN2O2. The normalized spacial score (nSPS) is 28.5. The molecule has 1 aromatic carbocycles. The van der Waals surface area contributed by atoms with Crippen LogP contribution in [0.25, 0.3) is 0 Å². The van der Waals surface area contributed by atoms with Crippen molar-refractivity contribution in [2.45, 2.75) is 25.3 Å². The molecule has 4 nitrogen and oxygen atoms in total. The van der Waals surface area contributed by atoms with Gasteiger partial charge in [0.15, 0.2) is 0 Å². The Balaban J connectivity index is 1.81. The van der Waals surface area contributed by atoms with Crippen LogP contribution in [0.4, 0.5) is 4.39 Å². The molecule has 0 radical (unpaired) electrons. The van der Waals surface area contributed by atoms with Gasteiger partial charge in [0.05, 0.1) is 17.2 Å². The zero-order valence-corrected chi connectivity index (χ0v) is 14.0. The predicted octanol–water partition coefficient (Wildman–Crippen LogP) is 2.40. The van der Waals surface area contributed by atoms with Crippen LogP contribution in [-0.2, 0) is 0 Å². The summed E-state index contributed by atoms with van der Waals surface area (Å²) >= 11 is 6.03. The van der Waals surface area contributed by atoms with Crippen LogP contribution in [0.3, 0.4) is 0 Å². The molecule has 0 spiro atoms. The Kier molecular flexibility index (Phi) is 4.63. The highest BCUT2D eigenvalue weighted by atomic mass is 35.5. The van der Waals surface area contributed by atoms with Gasteiger partial charge in [0, 0.05) is 24.5 Å². The van der Waals surface area contributed by atoms with Crippen molar-refractivity contribution < 1.29 is 14.3 Å². The van der Waals surface area contributed by atoms with Gasteiger partial charge in [0.1, 0.15) is 5.82 Å². The second-order valence-corrected chi connectivity index (χ2v) is 7.15. The molecule has 2 atom stereocenters. The van der Waals surface area contributed by atoms with Gasteiger partial charge in [-0.2, -0.15) is 0 Å². The van der Waals surface area contributed by atoms with Crippen molar-refractivity contribution in [2.24, 2.45) is 5.41 Å². The van der Waals surface area contributed by atoms with E-state index in [-0.39, 0.29) is 29.0 Å². The van der Waals surface area contributed by atoms with Gasteiger partial charge in [-0.1, -0.05) is 11.6 Å². The third kappa shape index (κ3) is 2.97. The summed E-state index contributed by atoms with van der Waals surface area (Å²) < 4.78 is 13.2. The molecule has 6 heteroatoms. The lowest BCUT2D eigenvalue weighted by Gasteiger charge is -2.53. The van der Waals surface area contributed by atoms with Gasteiger partial charge in [0.2, 0.25) is 0 Å². The first-order valence-corrected chi connectivity index (χ1v) is 8.40. The van der Waals surface area contributed by atoms with Crippen molar-refractivity contribution in [1.29, 1.82) is 0 Å². The van der Waals surface area contributed by atoms with Crippen molar-refractivity contribution in [3.63, 3.8) is 0 Å². The number of rotatable bonds is 2. The van der Waals surface area contributed by atoms with Crippen molar-refractivity contribution in [3.05, 3.63) is 34.6 Å². The monoisotopic (exact) mass is 340 g/mol. The first-order valence-electron chi connectivity index (χ1n) is 8.02. The summed E-state index contributed by atoms with van der Waals surface area (Å²) in [5.41, 5.74) is 0.221. The van der Waals surface area contributed by atoms with E-state index in [0.29, 0.717) is 18.7 Å². The number of hydrogen-bond donors (Lipinski definition) is 1. The van der Waals surface area contributed by atoms with Crippen molar-refractivity contribution in [3.8, 4) is 0 Å². The van der Waals surface area contributed by atoms with E-state index in [1.807, 2.05) is 7.05 Å². The quantitative estimate of drug-likeness (QED) is 0.899. The standard InChI is InChI=1S/C17H22ClFN2O2/c1-20-7-2-5-17(11-22)6-8-21(10-15(17)20)16(23)13-4-3-12(19)9-14(13)18/h3-4,9,15,22H,2,5-8,10-11H2,1H3/t15-,17-/m1/s1. The topological polar surface area (TPSA) is 43.8 Å². The Bertz CT molecular complexity index is 612. The molecule has 0 aliphatic carbocycles. The molecule has 2 saturated heterocycles. The van der Waals surface area contributed by atoms with Gasteiger partial charge in [0.25, 0.3) is 5.91 Å². The Morgan fingerprint density at radius 3 is 2.91 bits per heavy atom. The molecule has 3 rings (SSSR count). The largest absolute Gasteiger partial charge is 0.396 e. The van der Waals surface area contributed by atoms with Crippen molar-refractivity contribution in [2.75, 3.05) is 33.3 Å². The number of carbonyl (C=O) groups is 1. The van der Waals surface area contributed by atoms with Gasteiger partial charge in [-0.15, -0.1) is 0 Å². The van der Waals surface area contributed by atoms with Gasteiger partial charge < -0.3 is 14.9 Å². The van der Waals surface area contributed by atoms with Crippen LogP contribution in [0.1, 0.15) is 29.6 Å². The highest BCUT2D eigenvalue weighted by Gasteiger charge is 2.47. The molecule has 0 bridgehead atoms. The summed E-state index contributed by atoms with van der Waals surface area (Å²) in [6.45, 7) is 2.30. The summed E-state index contributed by atoms with van der Waals surface area (Å²) in [6.07, 6.45) is 2.85. The van der Waals surface area contributed by atoms with E-state index in [1.54, 1.807) is 4.90 Å². The summed E-state index contributed by atoms with van der Waals surface area (Å²) in [7, 11) is 2.05. The van der Waals surface area contributed by atoms with Crippen LogP contribution in [0.15, 0.2) is 18.2 Å². The maximum Gasteiger partial charge on any atom is 0.255 e. The molecule has 2 heterocycles. The minimum Gasteiger partial charge on any atom is -0.396 e. The van der Waals surface area contributed by atoms with E-state index in [4.69, 9.17) is 11.6 Å². The summed E-state index contributed by atoms with van der Waals surface area (Å²) in [6, 6.07) is 4.02. The lowest BCUT2D eigenvalue weighted by Crippen LogP contribution is -2.62. The molecule has 1 amide bonds. The minimum absolute atomic E-state index is 0.115.